The lowest BCUT2D eigenvalue weighted by Crippen LogP contribution is -2.37. The Morgan fingerprint density at radius 1 is 1.28 bits per heavy atom. The fraction of sp³-hybridized carbons (Fsp3) is 0.444. The number of ether oxygens (including phenoxy) is 3. The molecular weight excluding hydrogens is 324 g/mol. The van der Waals surface area contributed by atoms with Crippen LogP contribution in [0.1, 0.15) is 25.3 Å². The summed E-state index contributed by atoms with van der Waals surface area (Å²) in [5.74, 6) is 0.446. The zero-order valence-corrected chi connectivity index (χ0v) is 14.8. The number of hydrogen-bond donors (Lipinski definition) is 2. The monoisotopic (exact) mass is 348 g/mol. The van der Waals surface area contributed by atoms with E-state index in [1.54, 1.807) is 31.4 Å². The summed E-state index contributed by atoms with van der Waals surface area (Å²) in [6, 6.07) is 5.24. The van der Waals surface area contributed by atoms with E-state index in [1.807, 2.05) is 0 Å². The molecule has 1 aliphatic heterocycles. The van der Waals surface area contributed by atoms with Crippen LogP contribution in [0.4, 0.5) is 0 Å². The number of rotatable bonds is 7. The van der Waals surface area contributed by atoms with Crippen LogP contribution in [0.15, 0.2) is 23.9 Å². The van der Waals surface area contributed by atoms with Gasteiger partial charge in [0.2, 0.25) is 5.91 Å². The summed E-state index contributed by atoms with van der Waals surface area (Å²) >= 11 is 0. The molecule has 0 spiro atoms. The van der Waals surface area contributed by atoms with Crippen molar-refractivity contribution >= 4 is 17.9 Å². The zero-order chi connectivity index (χ0) is 18.2. The van der Waals surface area contributed by atoms with Crippen molar-refractivity contribution < 1.29 is 23.8 Å². The third kappa shape index (κ3) is 5.49. The highest BCUT2D eigenvalue weighted by atomic mass is 16.5. The van der Waals surface area contributed by atoms with Gasteiger partial charge in [-0.3, -0.25) is 9.59 Å². The normalized spacial score (nSPS) is 17.1. The average molecular weight is 348 g/mol. The molecule has 136 valence electrons. The van der Waals surface area contributed by atoms with Gasteiger partial charge in [0.15, 0.2) is 11.5 Å². The van der Waals surface area contributed by atoms with Gasteiger partial charge in [0.05, 0.1) is 20.3 Å². The molecule has 25 heavy (non-hydrogen) atoms. The first-order valence-electron chi connectivity index (χ1n) is 8.14. The van der Waals surface area contributed by atoms with Crippen LogP contribution in [0.25, 0.3) is 6.08 Å². The van der Waals surface area contributed by atoms with E-state index in [0.717, 1.165) is 19.4 Å². The van der Waals surface area contributed by atoms with E-state index in [1.165, 1.54) is 14.0 Å². The number of benzene rings is 1. The van der Waals surface area contributed by atoms with Crippen molar-refractivity contribution in [2.45, 2.75) is 25.9 Å². The van der Waals surface area contributed by atoms with E-state index < -0.39 is 0 Å². The van der Waals surface area contributed by atoms with Crippen molar-refractivity contribution in [1.29, 1.82) is 0 Å². The van der Waals surface area contributed by atoms with Crippen LogP contribution in [0.5, 0.6) is 11.5 Å². The molecule has 0 aliphatic carbocycles. The first-order chi connectivity index (χ1) is 12.0. The first kappa shape index (κ1) is 18.8. The third-order valence-electron chi connectivity index (χ3n) is 3.79. The minimum Gasteiger partial charge on any atom is -0.493 e. The van der Waals surface area contributed by atoms with Crippen molar-refractivity contribution in [3.05, 3.63) is 29.5 Å². The molecule has 7 nitrogen and oxygen atoms in total. The molecule has 7 heteroatoms. The molecular formula is C18H24N2O5. The Morgan fingerprint density at radius 3 is 2.64 bits per heavy atom. The van der Waals surface area contributed by atoms with Crippen LogP contribution in [0, 0.1) is 0 Å². The largest absolute Gasteiger partial charge is 0.493 e. The van der Waals surface area contributed by atoms with Crippen molar-refractivity contribution in [3.63, 3.8) is 0 Å². The predicted molar refractivity (Wildman–Crippen MR) is 93.3 cm³/mol. The molecule has 1 saturated heterocycles. The maximum absolute atomic E-state index is 12.4. The van der Waals surface area contributed by atoms with Gasteiger partial charge in [-0.05, 0) is 36.6 Å². The summed E-state index contributed by atoms with van der Waals surface area (Å²) in [7, 11) is 3.09. The Hall–Kier alpha value is -2.54. The highest BCUT2D eigenvalue weighted by molar-refractivity contribution is 6.00. The highest BCUT2D eigenvalue weighted by Crippen LogP contribution is 2.28. The molecule has 2 N–H and O–H groups in total. The maximum Gasteiger partial charge on any atom is 0.267 e. The molecule has 2 rings (SSSR count). The minimum absolute atomic E-state index is 0.0311. The lowest BCUT2D eigenvalue weighted by molar-refractivity contribution is -0.122. The van der Waals surface area contributed by atoms with Crippen LogP contribution < -0.4 is 20.1 Å². The molecule has 1 atom stereocenters. The Morgan fingerprint density at radius 2 is 2.04 bits per heavy atom. The standard InChI is InChI=1S/C18H24N2O5/c1-12(21)20-15(18(22)19-11-14-5-4-8-25-14)9-13-6-7-16(23-2)17(10-13)24-3/h6-7,9-10,14H,4-5,8,11H2,1-3H3,(H,19,22)(H,20,21). The minimum atomic E-state index is -0.361. The second-order valence-electron chi connectivity index (χ2n) is 5.70. The predicted octanol–water partition coefficient (Wildman–Crippen LogP) is 1.48. The third-order valence-corrected chi connectivity index (χ3v) is 3.79. The Bertz CT molecular complexity index is 651. The quantitative estimate of drug-likeness (QED) is 0.729. The van der Waals surface area contributed by atoms with E-state index in [9.17, 15) is 9.59 Å². The zero-order valence-electron chi connectivity index (χ0n) is 14.8. The SMILES string of the molecule is COc1ccc(C=C(NC(C)=O)C(=O)NCC2CCCO2)cc1OC. The van der Waals surface area contributed by atoms with Crippen LogP contribution in [-0.4, -0.2) is 45.3 Å². The van der Waals surface area contributed by atoms with Gasteiger partial charge in [-0.15, -0.1) is 0 Å². The first-order valence-corrected chi connectivity index (χ1v) is 8.14. The molecule has 0 bridgehead atoms. The number of amides is 2. The van der Waals surface area contributed by atoms with Crippen molar-refractivity contribution in [3.8, 4) is 11.5 Å². The fourth-order valence-electron chi connectivity index (χ4n) is 2.56. The summed E-state index contributed by atoms with van der Waals surface area (Å²) in [6.45, 7) is 2.50. The van der Waals surface area contributed by atoms with Crippen molar-refractivity contribution in [1.82, 2.24) is 10.6 Å². The van der Waals surface area contributed by atoms with Gasteiger partial charge in [-0.2, -0.15) is 0 Å². The summed E-state index contributed by atoms with van der Waals surface area (Å²) in [4.78, 5) is 23.8. The second kappa shape index (κ2) is 9.08. The number of methoxy groups -OCH3 is 2. The molecule has 1 aromatic carbocycles. The lowest BCUT2D eigenvalue weighted by Gasteiger charge is -2.13. The van der Waals surface area contributed by atoms with E-state index >= 15 is 0 Å². The van der Waals surface area contributed by atoms with Gasteiger partial charge in [0.1, 0.15) is 5.70 Å². The van der Waals surface area contributed by atoms with Crippen LogP contribution >= 0.6 is 0 Å². The maximum atomic E-state index is 12.4. The van der Waals surface area contributed by atoms with Crippen LogP contribution in [0.3, 0.4) is 0 Å². The highest BCUT2D eigenvalue weighted by Gasteiger charge is 2.18. The van der Waals surface area contributed by atoms with E-state index in [2.05, 4.69) is 10.6 Å². The van der Waals surface area contributed by atoms with E-state index in [-0.39, 0.29) is 23.6 Å². The number of carbonyl (C=O) groups is 2. The van der Waals surface area contributed by atoms with Gasteiger partial charge in [-0.1, -0.05) is 6.07 Å². The van der Waals surface area contributed by atoms with Gasteiger partial charge in [0, 0.05) is 20.1 Å². The summed E-state index contributed by atoms with van der Waals surface area (Å²) in [5.41, 5.74) is 0.867. The number of nitrogens with one attached hydrogen (secondary N) is 2. The molecule has 1 aromatic rings. The molecule has 0 aromatic heterocycles. The lowest BCUT2D eigenvalue weighted by atomic mass is 10.1. The Balaban J connectivity index is 2.15. The van der Waals surface area contributed by atoms with Crippen molar-refractivity contribution in [2.24, 2.45) is 0 Å². The molecule has 1 heterocycles. The van der Waals surface area contributed by atoms with E-state index in [4.69, 9.17) is 14.2 Å². The Kier molecular flexibility index (Phi) is 6.82. The van der Waals surface area contributed by atoms with Gasteiger partial charge < -0.3 is 24.8 Å². The molecule has 2 amide bonds. The second-order valence-corrected chi connectivity index (χ2v) is 5.70. The van der Waals surface area contributed by atoms with E-state index in [0.29, 0.717) is 23.6 Å². The van der Waals surface area contributed by atoms with Gasteiger partial charge in [-0.25, -0.2) is 0 Å². The van der Waals surface area contributed by atoms with Gasteiger partial charge >= 0.3 is 0 Å². The van der Waals surface area contributed by atoms with Crippen LogP contribution in [0.2, 0.25) is 0 Å². The average Bonchev–Trinajstić information content (AvgIpc) is 3.12. The van der Waals surface area contributed by atoms with Gasteiger partial charge in [0.25, 0.3) is 5.91 Å². The smallest absolute Gasteiger partial charge is 0.267 e. The molecule has 0 radical (unpaired) electrons. The summed E-state index contributed by atoms with van der Waals surface area (Å²) < 4.78 is 15.9. The fourth-order valence-corrected chi connectivity index (χ4v) is 2.56. The molecule has 0 saturated carbocycles. The van der Waals surface area contributed by atoms with Crippen molar-refractivity contribution in [2.75, 3.05) is 27.4 Å². The number of carbonyl (C=O) groups excluding carboxylic acids is 2. The Labute approximate surface area is 147 Å². The molecule has 1 fully saturated rings. The number of hydrogen-bond acceptors (Lipinski definition) is 5. The molecule has 1 aliphatic rings. The summed E-state index contributed by atoms with van der Waals surface area (Å²) in [5, 5.41) is 5.37. The summed E-state index contributed by atoms with van der Waals surface area (Å²) in [6.07, 6.45) is 3.55. The topological polar surface area (TPSA) is 85.9 Å². The molecule has 1 unspecified atom stereocenters. The van der Waals surface area contributed by atoms with Crippen LogP contribution in [-0.2, 0) is 14.3 Å².